The van der Waals surface area contributed by atoms with Gasteiger partial charge in [0.05, 0.1) is 6.61 Å². The molecule has 0 aliphatic carbocycles. The average Bonchev–Trinajstić information content (AvgIpc) is 2.78. The molecule has 0 bridgehead atoms. The Labute approximate surface area is 95.0 Å². The Morgan fingerprint density at radius 3 is 2.88 bits per heavy atom. The van der Waals surface area contributed by atoms with Gasteiger partial charge >= 0.3 is 0 Å². The maximum Gasteiger partial charge on any atom is 0.239 e. The van der Waals surface area contributed by atoms with E-state index in [0.29, 0.717) is 6.54 Å². The minimum atomic E-state index is -0.845. The van der Waals surface area contributed by atoms with Gasteiger partial charge in [-0.05, 0) is 11.6 Å². The smallest absolute Gasteiger partial charge is 0.239 e. The largest absolute Gasteiger partial charge is 0.394 e. The Kier molecular flexibility index (Phi) is 4.09. The lowest BCUT2D eigenvalue weighted by atomic mass is 9.86. The molecule has 0 radical (unpaired) electrons. The van der Waals surface area contributed by atoms with E-state index in [1.54, 1.807) is 0 Å². The molecule has 0 saturated carbocycles. The number of hydrogen-bond acceptors (Lipinski definition) is 3. The van der Waals surface area contributed by atoms with Crippen LogP contribution in [0.2, 0.25) is 0 Å². The van der Waals surface area contributed by atoms with Crippen molar-refractivity contribution < 1.29 is 9.90 Å². The van der Waals surface area contributed by atoms with E-state index in [9.17, 15) is 4.79 Å². The second-order valence-corrected chi connectivity index (χ2v) is 4.49. The summed E-state index contributed by atoms with van der Waals surface area (Å²) in [5, 5.41) is 11.5. The van der Waals surface area contributed by atoms with Crippen LogP contribution < -0.4 is 11.1 Å². The van der Waals surface area contributed by atoms with Crippen LogP contribution in [0.5, 0.6) is 0 Å². The van der Waals surface area contributed by atoms with Crippen molar-refractivity contribution >= 4 is 5.91 Å². The molecule has 1 amide bonds. The van der Waals surface area contributed by atoms with Crippen molar-refractivity contribution in [1.29, 1.82) is 0 Å². The standard InChI is InChI=1S/C11H19N3O2/c1-11(2,8-3-4-13-5-8)7-14-10(16)9(12)6-15/h3-5,9,13,15H,6-7,12H2,1-2H3,(H,14,16). The lowest BCUT2D eigenvalue weighted by Gasteiger charge is -2.24. The average molecular weight is 225 g/mol. The highest BCUT2D eigenvalue weighted by molar-refractivity contribution is 5.81. The predicted octanol–water partition coefficient (Wildman–Crippen LogP) is -0.272. The van der Waals surface area contributed by atoms with Crippen LogP contribution in [0.4, 0.5) is 0 Å². The molecule has 0 aromatic carbocycles. The molecule has 5 N–H and O–H groups in total. The zero-order valence-electron chi connectivity index (χ0n) is 9.66. The minimum Gasteiger partial charge on any atom is -0.394 e. The monoisotopic (exact) mass is 225 g/mol. The number of aliphatic hydroxyl groups is 1. The van der Waals surface area contributed by atoms with Gasteiger partial charge in [-0.1, -0.05) is 13.8 Å². The third-order valence-corrected chi connectivity index (χ3v) is 2.62. The second-order valence-electron chi connectivity index (χ2n) is 4.49. The van der Waals surface area contributed by atoms with Crippen LogP contribution in [0, 0.1) is 0 Å². The first-order valence-corrected chi connectivity index (χ1v) is 5.25. The second kappa shape index (κ2) is 5.14. The number of nitrogens with one attached hydrogen (secondary N) is 2. The Bertz CT molecular complexity index is 333. The van der Waals surface area contributed by atoms with Gasteiger partial charge < -0.3 is 21.1 Å². The minimum absolute atomic E-state index is 0.162. The van der Waals surface area contributed by atoms with E-state index in [1.165, 1.54) is 0 Å². The fraction of sp³-hybridized carbons (Fsp3) is 0.545. The lowest BCUT2D eigenvalue weighted by molar-refractivity contribution is -0.123. The molecule has 1 heterocycles. The van der Waals surface area contributed by atoms with E-state index < -0.39 is 6.04 Å². The predicted molar refractivity (Wildman–Crippen MR) is 61.9 cm³/mol. The van der Waals surface area contributed by atoms with Gasteiger partial charge in [-0.25, -0.2) is 0 Å². The van der Waals surface area contributed by atoms with E-state index in [0.717, 1.165) is 5.56 Å². The van der Waals surface area contributed by atoms with Crippen molar-refractivity contribution in [2.75, 3.05) is 13.2 Å². The molecular formula is C11H19N3O2. The fourth-order valence-corrected chi connectivity index (χ4v) is 1.37. The highest BCUT2D eigenvalue weighted by atomic mass is 16.3. The first-order valence-electron chi connectivity index (χ1n) is 5.25. The Balaban J connectivity index is 2.52. The quantitative estimate of drug-likeness (QED) is 0.556. The van der Waals surface area contributed by atoms with Crippen LogP contribution in [0.15, 0.2) is 18.5 Å². The van der Waals surface area contributed by atoms with Crippen LogP contribution >= 0.6 is 0 Å². The molecule has 16 heavy (non-hydrogen) atoms. The van der Waals surface area contributed by atoms with Gasteiger partial charge in [0.25, 0.3) is 0 Å². The molecule has 1 atom stereocenters. The molecular weight excluding hydrogens is 206 g/mol. The number of aromatic amines is 1. The van der Waals surface area contributed by atoms with Crippen LogP contribution in [0.1, 0.15) is 19.4 Å². The van der Waals surface area contributed by atoms with E-state index in [2.05, 4.69) is 10.3 Å². The zero-order valence-corrected chi connectivity index (χ0v) is 9.66. The van der Waals surface area contributed by atoms with Gasteiger partial charge in [0, 0.05) is 24.4 Å². The topological polar surface area (TPSA) is 91.1 Å². The number of nitrogens with two attached hydrogens (primary N) is 1. The molecule has 5 heteroatoms. The summed E-state index contributed by atoms with van der Waals surface area (Å²) in [5.41, 5.74) is 6.35. The highest BCUT2D eigenvalue weighted by Gasteiger charge is 2.23. The number of carbonyl (C=O) groups is 1. The van der Waals surface area contributed by atoms with Crippen molar-refractivity contribution in [3.63, 3.8) is 0 Å². The normalized spacial score (nSPS) is 13.5. The van der Waals surface area contributed by atoms with Gasteiger partial charge in [0.15, 0.2) is 0 Å². The van der Waals surface area contributed by atoms with E-state index in [-0.39, 0.29) is 17.9 Å². The Morgan fingerprint density at radius 1 is 1.69 bits per heavy atom. The number of aromatic nitrogens is 1. The third kappa shape index (κ3) is 3.08. The van der Waals surface area contributed by atoms with Gasteiger partial charge in [0.1, 0.15) is 6.04 Å². The van der Waals surface area contributed by atoms with Crippen molar-refractivity contribution in [3.8, 4) is 0 Å². The summed E-state index contributed by atoms with van der Waals surface area (Å²) < 4.78 is 0. The molecule has 0 aliphatic rings. The first-order chi connectivity index (χ1) is 7.47. The summed E-state index contributed by atoms with van der Waals surface area (Å²) in [7, 11) is 0. The van der Waals surface area contributed by atoms with Gasteiger partial charge in [-0.3, -0.25) is 4.79 Å². The van der Waals surface area contributed by atoms with Crippen molar-refractivity contribution in [1.82, 2.24) is 10.3 Å². The van der Waals surface area contributed by atoms with Crippen LogP contribution in [0.3, 0.4) is 0 Å². The van der Waals surface area contributed by atoms with Crippen LogP contribution in [-0.2, 0) is 10.2 Å². The number of rotatable bonds is 5. The molecule has 0 saturated heterocycles. The third-order valence-electron chi connectivity index (χ3n) is 2.62. The molecule has 1 rings (SSSR count). The molecule has 1 unspecified atom stereocenters. The number of hydrogen-bond donors (Lipinski definition) is 4. The molecule has 0 spiro atoms. The van der Waals surface area contributed by atoms with Crippen molar-refractivity contribution in [2.45, 2.75) is 25.3 Å². The lowest BCUT2D eigenvalue weighted by Crippen LogP contribution is -2.46. The summed E-state index contributed by atoms with van der Waals surface area (Å²) in [6.45, 7) is 4.20. The van der Waals surface area contributed by atoms with Crippen molar-refractivity contribution in [3.05, 3.63) is 24.0 Å². The summed E-state index contributed by atoms with van der Waals surface area (Å²) >= 11 is 0. The maximum absolute atomic E-state index is 11.4. The molecule has 1 aromatic rings. The highest BCUT2D eigenvalue weighted by Crippen LogP contribution is 2.21. The number of amides is 1. The number of aliphatic hydroxyl groups excluding tert-OH is 1. The van der Waals surface area contributed by atoms with Gasteiger partial charge in [-0.2, -0.15) is 0 Å². The van der Waals surface area contributed by atoms with Crippen LogP contribution in [0.25, 0.3) is 0 Å². The maximum atomic E-state index is 11.4. The summed E-state index contributed by atoms with van der Waals surface area (Å²) in [6, 6.07) is 1.13. The van der Waals surface area contributed by atoms with Crippen molar-refractivity contribution in [2.24, 2.45) is 5.73 Å². The summed E-state index contributed by atoms with van der Waals surface area (Å²) in [6.07, 6.45) is 3.75. The molecule has 1 aromatic heterocycles. The van der Waals surface area contributed by atoms with Gasteiger partial charge in [-0.15, -0.1) is 0 Å². The molecule has 90 valence electrons. The first kappa shape index (κ1) is 12.7. The Morgan fingerprint density at radius 2 is 2.38 bits per heavy atom. The van der Waals surface area contributed by atoms with E-state index in [4.69, 9.17) is 10.8 Å². The summed E-state index contributed by atoms with van der Waals surface area (Å²) in [4.78, 5) is 14.4. The van der Waals surface area contributed by atoms with Crippen LogP contribution in [-0.4, -0.2) is 35.2 Å². The van der Waals surface area contributed by atoms with E-state index >= 15 is 0 Å². The zero-order chi connectivity index (χ0) is 12.2. The molecule has 0 fully saturated rings. The van der Waals surface area contributed by atoms with E-state index in [1.807, 2.05) is 32.3 Å². The SMILES string of the molecule is CC(C)(CNC(=O)C(N)CO)c1cc[nH]c1. The number of carbonyl (C=O) groups excluding carboxylic acids is 1. The van der Waals surface area contributed by atoms with Gasteiger partial charge in [0.2, 0.25) is 5.91 Å². The Hall–Kier alpha value is -1.33. The fourth-order valence-electron chi connectivity index (χ4n) is 1.37. The molecule has 5 nitrogen and oxygen atoms in total. The number of H-pyrrole nitrogens is 1. The molecule has 0 aliphatic heterocycles. The summed E-state index contributed by atoms with van der Waals surface area (Å²) in [5.74, 6) is -0.328.